The molecule has 1 aliphatic rings. The Hall–Kier alpha value is -1.20. The van der Waals surface area contributed by atoms with Crippen LogP contribution < -0.4 is 5.73 Å². The van der Waals surface area contributed by atoms with Crippen LogP contribution in [0.4, 0.5) is 0 Å². The lowest BCUT2D eigenvalue weighted by atomic mass is 10.0. The van der Waals surface area contributed by atoms with Gasteiger partial charge in [0, 0.05) is 12.7 Å². The molecule has 0 spiro atoms. The van der Waals surface area contributed by atoms with Crippen LogP contribution in [0.3, 0.4) is 0 Å². The molecular weight excluding hydrogens is 174 g/mol. The van der Waals surface area contributed by atoms with Gasteiger partial charge in [0.05, 0.1) is 12.1 Å². The van der Waals surface area contributed by atoms with Crippen LogP contribution in [-0.4, -0.2) is 27.7 Å². The average Bonchev–Trinajstić information content (AvgIpc) is 2.02. The van der Waals surface area contributed by atoms with Gasteiger partial charge < -0.3 is 25.8 Å². The topological polar surface area (TPSA) is 95.9 Å². The second kappa shape index (κ2) is 3.27. The van der Waals surface area contributed by atoms with Gasteiger partial charge in [-0.1, -0.05) is 0 Å². The van der Waals surface area contributed by atoms with Crippen molar-refractivity contribution < 1.29 is 20.1 Å². The van der Waals surface area contributed by atoms with E-state index in [1.165, 1.54) is 0 Å². The molecule has 5 nitrogen and oxygen atoms in total. The molecular formula is C8H13NO4. The fourth-order valence-corrected chi connectivity index (χ4v) is 1.13. The third kappa shape index (κ3) is 1.76. The molecule has 0 saturated carbocycles. The van der Waals surface area contributed by atoms with Gasteiger partial charge in [0.1, 0.15) is 5.76 Å². The first-order chi connectivity index (χ1) is 5.99. The minimum Gasteiger partial charge on any atom is -0.510 e. The van der Waals surface area contributed by atoms with E-state index in [1.54, 1.807) is 6.92 Å². The highest BCUT2D eigenvalue weighted by Gasteiger charge is 2.37. The van der Waals surface area contributed by atoms with E-state index in [0.717, 1.165) is 6.08 Å². The van der Waals surface area contributed by atoms with E-state index in [0.29, 0.717) is 0 Å². The van der Waals surface area contributed by atoms with Crippen LogP contribution in [0.15, 0.2) is 23.3 Å². The number of aliphatic hydroxyl groups is 3. The van der Waals surface area contributed by atoms with E-state index in [1.807, 2.05) is 0 Å². The summed E-state index contributed by atoms with van der Waals surface area (Å²) in [6, 6.07) is 0. The smallest absolute Gasteiger partial charge is 0.232 e. The van der Waals surface area contributed by atoms with E-state index in [9.17, 15) is 15.3 Å². The molecule has 0 amide bonds. The van der Waals surface area contributed by atoms with Crippen molar-refractivity contribution in [3.05, 3.63) is 23.3 Å². The molecule has 0 radical (unpaired) electrons. The zero-order valence-corrected chi connectivity index (χ0v) is 7.32. The summed E-state index contributed by atoms with van der Waals surface area (Å²) in [5.74, 6) is -2.40. The summed E-state index contributed by atoms with van der Waals surface area (Å²) in [4.78, 5) is 0. The van der Waals surface area contributed by atoms with Crippen molar-refractivity contribution in [2.24, 2.45) is 5.73 Å². The lowest BCUT2D eigenvalue weighted by Crippen LogP contribution is -2.38. The number of ether oxygens (including phenoxy) is 1. The highest BCUT2D eigenvalue weighted by molar-refractivity contribution is 5.29. The van der Waals surface area contributed by atoms with Crippen molar-refractivity contribution in [2.75, 3.05) is 6.61 Å². The van der Waals surface area contributed by atoms with Crippen LogP contribution in [0.5, 0.6) is 0 Å². The van der Waals surface area contributed by atoms with Gasteiger partial charge in [-0.05, 0) is 6.92 Å². The summed E-state index contributed by atoms with van der Waals surface area (Å²) in [7, 11) is 0. The number of nitrogens with two attached hydrogens (primary N) is 1. The highest BCUT2D eigenvalue weighted by Crippen LogP contribution is 2.29. The molecule has 0 aromatic heterocycles. The quantitative estimate of drug-likeness (QED) is 0.466. The normalized spacial score (nSPS) is 28.9. The highest BCUT2D eigenvalue weighted by atomic mass is 16.6. The fourth-order valence-electron chi connectivity index (χ4n) is 1.13. The Morgan fingerprint density at radius 2 is 2.23 bits per heavy atom. The number of hydrogen-bond donors (Lipinski definition) is 4. The maximum absolute atomic E-state index is 9.64. The maximum atomic E-state index is 9.64. The zero-order valence-electron chi connectivity index (χ0n) is 7.32. The van der Waals surface area contributed by atoms with E-state index in [4.69, 9.17) is 10.5 Å². The third-order valence-electron chi connectivity index (χ3n) is 1.82. The van der Waals surface area contributed by atoms with Crippen molar-refractivity contribution in [1.82, 2.24) is 0 Å². The van der Waals surface area contributed by atoms with Gasteiger partial charge in [-0.3, -0.25) is 0 Å². The van der Waals surface area contributed by atoms with Crippen LogP contribution in [0.2, 0.25) is 0 Å². The number of allylic oxidation sites excluding steroid dienone is 1. The Morgan fingerprint density at radius 3 is 2.77 bits per heavy atom. The van der Waals surface area contributed by atoms with Gasteiger partial charge in [-0.15, -0.1) is 0 Å². The molecule has 0 heterocycles. The summed E-state index contributed by atoms with van der Waals surface area (Å²) in [6.07, 6.45) is 0.851. The molecule has 1 aliphatic carbocycles. The largest absolute Gasteiger partial charge is 0.510 e. The van der Waals surface area contributed by atoms with Crippen molar-refractivity contribution in [3.8, 4) is 0 Å². The third-order valence-corrected chi connectivity index (χ3v) is 1.82. The molecule has 74 valence electrons. The molecule has 0 aliphatic heterocycles. The molecule has 5 N–H and O–H groups in total. The van der Waals surface area contributed by atoms with Gasteiger partial charge in [-0.25, -0.2) is 0 Å². The summed E-state index contributed by atoms with van der Waals surface area (Å²) >= 11 is 0. The molecule has 0 saturated heterocycles. The fraction of sp³-hybridized carbons (Fsp3) is 0.500. The number of aliphatic hydroxyl groups excluding tert-OH is 2. The van der Waals surface area contributed by atoms with Crippen LogP contribution in [0.1, 0.15) is 13.3 Å². The molecule has 1 unspecified atom stereocenters. The summed E-state index contributed by atoms with van der Waals surface area (Å²) in [5.41, 5.74) is 5.36. The summed E-state index contributed by atoms with van der Waals surface area (Å²) < 4.78 is 4.89. The molecule has 1 rings (SSSR count). The second-order valence-corrected chi connectivity index (χ2v) is 2.83. The predicted octanol–water partition coefficient (Wildman–Crippen LogP) is 0.285. The molecule has 0 aromatic rings. The second-order valence-electron chi connectivity index (χ2n) is 2.83. The van der Waals surface area contributed by atoms with Crippen LogP contribution in [0, 0.1) is 0 Å². The Morgan fingerprint density at radius 1 is 1.62 bits per heavy atom. The molecule has 1 atom stereocenters. The SMILES string of the molecule is CCOC1(O)CC(O)=C(N)C=C1O. The van der Waals surface area contributed by atoms with E-state index in [2.05, 4.69) is 0 Å². The Labute approximate surface area is 75.7 Å². The van der Waals surface area contributed by atoms with Gasteiger partial charge in [0.15, 0.2) is 5.76 Å². The average molecular weight is 187 g/mol. The Balaban J connectivity index is 2.91. The van der Waals surface area contributed by atoms with Crippen LogP contribution >= 0.6 is 0 Å². The molecule has 5 heteroatoms. The predicted molar refractivity (Wildman–Crippen MR) is 45.7 cm³/mol. The molecule has 0 aromatic carbocycles. The monoisotopic (exact) mass is 187 g/mol. The molecule has 0 fully saturated rings. The number of rotatable bonds is 2. The minimum absolute atomic E-state index is 0.0434. The van der Waals surface area contributed by atoms with Crippen LogP contribution in [-0.2, 0) is 4.74 Å². The van der Waals surface area contributed by atoms with Crippen molar-refractivity contribution in [1.29, 1.82) is 0 Å². The molecule has 13 heavy (non-hydrogen) atoms. The lowest BCUT2D eigenvalue weighted by Gasteiger charge is -2.29. The van der Waals surface area contributed by atoms with Gasteiger partial charge >= 0.3 is 0 Å². The van der Waals surface area contributed by atoms with Crippen molar-refractivity contribution in [2.45, 2.75) is 19.1 Å². The first-order valence-corrected chi connectivity index (χ1v) is 3.94. The summed E-state index contributed by atoms with van der Waals surface area (Å²) in [6.45, 7) is 1.89. The summed E-state index contributed by atoms with van der Waals surface area (Å²) in [5, 5.41) is 28.2. The van der Waals surface area contributed by atoms with Gasteiger partial charge in [-0.2, -0.15) is 0 Å². The zero-order chi connectivity index (χ0) is 10.1. The molecule has 0 bridgehead atoms. The lowest BCUT2D eigenvalue weighted by molar-refractivity contribution is -0.195. The van der Waals surface area contributed by atoms with E-state index < -0.39 is 5.79 Å². The standard InChI is InChI=1S/C8H13NO4/c1-2-13-8(12)4-6(10)5(9)3-7(8)11/h3,10-12H,2,4,9H2,1H3. The van der Waals surface area contributed by atoms with Gasteiger partial charge in [0.2, 0.25) is 5.79 Å². The van der Waals surface area contributed by atoms with E-state index in [-0.39, 0.29) is 30.2 Å². The minimum atomic E-state index is -1.83. The van der Waals surface area contributed by atoms with Crippen molar-refractivity contribution >= 4 is 0 Å². The van der Waals surface area contributed by atoms with Crippen LogP contribution in [0.25, 0.3) is 0 Å². The number of hydrogen-bond acceptors (Lipinski definition) is 5. The first-order valence-electron chi connectivity index (χ1n) is 3.94. The van der Waals surface area contributed by atoms with E-state index >= 15 is 0 Å². The van der Waals surface area contributed by atoms with Crippen molar-refractivity contribution in [3.63, 3.8) is 0 Å². The maximum Gasteiger partial charge on any atom is 0.232 e. The van der Waals surface area contributed by atoms with Gasteiger partial charge in [0.25, 0.3) is 0 Å². The first kappa shape index (κ1) is 9.88. The Kier molecular flexibility index (Phi) is 2.49. The Bertz CT molecular complexity index is 271.